The van der Waals surface area contributed by atoms with Crippen LogP contribution in [0.3, 0.4) is 0 Å². The lowest BCUT2D eigenvalue weighted by molar-refractivity contribution is -0.139. The van der Waals surface area contributed by atoms with E-state index in [0.717, 1.165) is 36.1 Å². The summed E-state index contributed by atoms with van der Waals surface area (Å²) in [6, 6.07) is 12.8. The van der Waals surface area contributed by atoms with Gasteiger partial charge in [-0.1, -0.05) is 71.7 Å². The molecule has 1 fully saturated rings. The molecule has 0 aromatic heterocycles. The van der Waals surface area contributed by atoms with Gasteiger partial charge < -0.3 is 14.7 Å². The summed E-state index contributed by atoms with van der Waals surface area (Å²) in [5.41, 5.74) is 3.54. The van der Waals surface area contributed by atoms with Crippen molar-refractivity contribution in [2.75, 3.05) is 13.2 Å². The number of hydrogen-bond acceptors (Lipinski definition) is 4. The molecule has 1 aliphatic heterocycles. The molecule has 3 rings (SSSR count). The number of hydrogen-bond donors (Lipinski definition) is 1. The molecule has 5 heteroatoms. The molecule has 2 aromatic rings. The van der Waals surface area contributed by atoms with Crippen LogP contribution >= 0.6 is 0 Å². The van der Waals surface area contributed by atoms with E-state index in [4.69, 9.17) is 4.74 Å². The van der Waals surface area contributed by atoms with Crippen LogP contribution in [0.5, 0.6) is 5.75 Å². The van der Waals surface area contributed by atoms with Crippen molar-refractivity contribution in [1.29, 1.82) is 0 Å². The smallest absolute Gasteiger partial charge is 0.295 e. The summed E-state index contributed by atoms with van der Waals surface area (Å²) >= 11 is 0. The average molecular weight is 478 g/mol. The Bertz CT molecular complexity index is 1080. The van der Waals surface area contributed by atoms with Crippen molar-refractivity contribution < 1.29 is 19.4 Å². The van der Waals surface area contributed by atoms with Crippen molar-refractivity contribution in [2.45, 2.75) is 72.8 Å². The number of amides is 1. The fourth-order valence-electron chi connectivity index (χ4n) is 4.42. The number of ketones is 1. The summed E-state index contributed by atoms with van der Waals surface area (Å²) in [5.74, 6) is 0.199. The van der Waals surface area contributed by atoms with Crippen molar-refractivity contribution >= 4 is 17.4 Å². The van der Waals surface area contributed by atoms with Gasteiger partial charge in [-0.25, -0.2) is 0 Å². The van der Waals surface area contributed by atoms with Gasteiger partial charge in [0.15, 0.2) is 0 Å². The Morgan fingerprint density at radius 3 is 2.29 bits per heavy atom. The highest BCUT2D eigenvalue weighted by Crippen LogP contribution is 2.40. The molecule has 1 amide bonds. The fourth-order valence-corrected chi connectivity index (χ4v) is 4.42. The first kappa shape index (κ1) is 26.5. The topological polar surface area (TPSA) is 66.8 Å². The predicted molar refractivity (Wildman–Crippen MR) is 141 cm³/mol. The van der Waals surface area contributed by atoms with E-state index >= 15 is 0 Å². The van der Waals surface area contributed by atoms with Crippen molar-refractivity contribution in [3.63, 3.8) is 0 Å². The Hall–Kier alpha value is -3.08. The van der Waals surface area contributed by atoms with Crippen LogP contribution in [0, 0.1) is 12.8 Å². The molecule has 1 saturated heterocycles. The summed E-state index contributed by atoms with van der Waals surface area (Å²) < 4.78 is 5.86. The predicted octanol–water partition coefficient (Wildman–Crippen LogP) is 6.77. The fraction of sp³-hybridized carbons (Fsp3) is 0.467. The van der Waals surface area contributed by atoms with E-state index in [1.165, 1.54) is 5.56 Å². The van der Waals surface area contributed by atoms with Crippen molar-refractivity contribution in [3.05, 3.63) is 70.3 Å². The first-order chi connectivity index (χ1) is 16.6. The lowest BCUT2D eigenvalue weighted by Crippen LogP contribution is -2.30. The Morgan fingerprint density at radius 2 is 1.71 bits per heavy atom. The lowest BCUT2D eigenvalue weighted by Gasteiger charge is -2.25. The molecule has 2 aromatic carbocycles. The Balaban J connectivity index is 2.06. The third kappa shape index (κ3) is 5.95. The summed E-state index contributed by atoms with van der Waals surface area (Å²) in [6.07, 6.45) is 2.80. The molecule has 1 aliphatic rings. The molecular weight excluding hydrogens is 438 g/mol. The number of aryl methyl sites for hydroxylation is 1. The van der Waals surface area contributed by atoms with Crippen molar-refractivity contribution in [2.24, 2.45) is 5.92 Å². The number of nitrogens with zero attached hydrogens (tertiary/aromatic N) is 1. The SMILES string of the molecule is CCCCCN1C(=O)C(=O)/C(=C(\O)c2ccc(OCC(C)C)c(C)c2)C1c1ccc(C(C)C)cc1. The van der Waals surface area contributed by atoms with E-state index in [0.29, 0.717) is 30.6 Å². The minimum atomic E-state index is -0.630. The molecule has 35 heavy (non-hydrogen) atoms. The van der Waals surface area contributed by atoms with E-state index in [2.05, 4.69) is 34.6 Å². The molecule has 0 aliphatic carbocycles. The molecule has 1 unspecified atom stereocenters. The molecule has 0 radical (unpaired) electrons. The number of likely N-dealkylation sites (tertiary alicyclic amines) is 1. The molecule has 1 heterocycles. The second kappa shape index (κ2) is 11.6. The number of carbonyl (C=O) groups excluding carboxylic acids is 2. The zero-order valence-electron chi connectivity index (χ0n) is 21.9. The summed E-state index contributed by atoms with van der Waals surface area (Å²) in [6.45, 7) is 13.5. The molecule has 0 bridgehead atoms. The van der Waals surface area contributed by atoms with E-state index in [1.807, 2.05) is 43.3 Å². The number of benzene rings is 2. The van der Waals surface area contributed by atoms with Crippen LogP contribution in [0.2, 0.25) is 0 Å². The Morgan fingerprint density at radius 1 is 1.03 bits per heavy atom. The van der Waals surface area contributed by atoms with E-state index in [9.17, 15) is 14.7 Å². The van der Waals surface area contributed by atoms with Crippen LogP contribution in [0.4, 0.5) is 0 Å². The van der Waals surface area contributed by atoms with Gasteiger partial charge in [0.1, 0.15) is 11.5 Å². The van der Waals surface area contributed by atoms with E-state index in [1.54, 1.807) is 11.0 Å². The van der Waals surface area contributed by atoms with Crippen LogP contribution in [0.1, 0.15) is 88.1 Å². The van der Waals surface area contributed by atoms with Crippen molar-refractivity contribution in [1.82, 2.24) is 4.90 Å². The molecule has 188 valence electrons. The quantitative estimate of drug-likeness (QED) is 0.178. The van der Waals surface area contributed by atoms with Gasteiger partial charge in [-0.15, -0.1) is 0 Å². The number of ether oxygens (including phenoxy) is 1. The van der Waals surface area contributed by atoms with Crippen LogP contribution in [0.25, 0.3) is 5.76 Å². The Kier molecular flexibility index (Phi) is 8.76. The van der Waals surface area contributed by atoms with Crippen LogP contribution in [0.15, 0.2) is 48.0 Å². The van der Waals surface area contributed by atoms with Crippen LogP contribution in [-0.2, 0) is 9.59 Å². The number of rotatable bonds is 10. The number of Topliss-reactive ketones (excluding diaryl/α,β-unsaturated/α-hetero) is 1. The number of aliphatic hydroxyl groups is 1. The standard InChI is InChI=1S/C30H39NO4/c1-7-8-9-16-31-27(23-12-10-22(11-13-23)20(4)5)26(29(33)30(31)34)28(32)24-14-15-25(21(6)17-24)35-18-19(2)3/h10-15,17,19-20,27,32H,7-9,16,18H2,1-6H3/b28-26-. The highest BCUT2D eigenvalue weighted by atomic mass is 16.5. The second-order valence-corrected chi connectivity index (χ2v) is 10.2. The minimum absolute atomic E-state index is 0.141. The van der Waals surface area contributed by atoms with Gasteiger partial charge in [0.2, 0.25) is 0 Å². The van der Waals surface area contributed by atoms with E-state index < -0.39 is 17.7 Å². The van der Waals surface area contributed by atoms with Gasteiger partial charge in [-0.3, -0.25) is 9.59 Å². The zero-order chi connectivity index (χ0) is 25.7. The van der Waals surface area contributed by atoms with Gasteiger partial charge in [-0.05, 0) is 60.1 Å². The summed E-state index contributed by atoms with van der Waals surface area (Å²) in [4.78, 5) is 27.9. The first-order valence-electron chi connectivity index (χ1n) is 12.8. The monoisotopic (exact) mass is 477 g/mol. The van der Waals surface area contributed by atoms with E-state index in [-0.39, 0.29) is 11.3 Å². The maximum Gasteiger partial charge on any atom is 0.295 e. The number of aliphatic hydroxyl groups excluding tert-OH is 1. The third-order valence-corrected chi connectivity index (χ3v) is 6.48. The Labute approximate surface area is 209 Å². The van der Waals surface area contributed by atoms with Gasteiger partial charge in [0, 0.05) is 12.1 Å². The number of unbranched alkanes of at least 4 members (excludes halogenated alkanes) is 2. The molecule has 0 spiro atoms. The zero-order valence-corrected chi connectivity index (χ0v) is 21.9. The normalized spacial score (nSPS) is 17.6. The minimum Gasteiger partial charge on any atom is -0.507 e. The van der Waals surface area contributed by atoms with Crippen LogP contribution in [-0.4, -0.2) is 34.8 Å². The summed E-state index contributed by atoms with van der Waals surface area (Å²) in [7, 11) is 0. The van der Waals surface area contributed by atoms with Gasteiger partial charge in [-0.2, -0.15) is 0 Å². The lowest BCUT2D eigenvalue weighted by atomic mass is 9.93. The molecule has 0 saturated carbocycles. The largest absolute Gasteiger partial charge is 0.507 e. The van der Waals surface area contributed by atoms with Gasteiger partial charge in [0.05, 0.1) is 18.2 Å². The number of carbonyl (C=O) groups is 2. The molecular formula is C30H39NO4. The summed E-state index contributed by atoms with van der Waals surface area (Å²) in [5, 5.41) is 11.3. The average Bonchev–Trinajstić information content (AvgIpc) is 3.08. The van der Waals surface area contributed by atoms with Crippen LogP contribution < -0.4 is 4.74 Å². The molecule has 5 nitrogen and oxygen atoms in total. The maximum atomic E-state index is 13.2. The maximum absolute atomic E-state index is 13.2. The first-order valence-corrected chi connectivity index (χ1v) is 12.8. The van der Waals surface area contributed by atoms with Crippen molar-refractivity contribution in [3.8, 4) is 5.75 Å². The second-order valence-electron chi connectivity index (χ2n) is 10.2. The molecule has 1 atom stereocenters. The van der Waals surface area contributed by atoms with Gasteiger partial charge >= 0.3 is 0 Å². The highest BCUT2D eigenvalue weighted by Gasteiger charge is 2.45. The van der Waals surface area contributed by atoms with Gasteiger partial charge in [0.25, 0.3) is 11.7 Å². The third-order valence-electron chi connectivity index (χ3n) is 6.48. The molecule has 1 N–H and O–H groups in total. The highest BCUT2D eigenvalue weighted by molar-refractivity contribution is 6.46.